The highest BCUT2D eigenvalue weighted by molar-refractivity contribution is 7.58. The van der Waals surface area contributed by atoms with E-state index >= 15 is 0 Å². The number of hydrogen-bond donors (Lipinski definition) is 3. The zero-order chi connectivity index (χ0) is 34.0. The van der Waals surface area contributed by atoms with E-state index in [1.807, 2.05) is 44.2 Å². The van der Waals surface area contributed by atoms with Crippen LogP contribution < -0.4 is 15.4 Å². The molecule has 4 rings (SSSR count). The number of carbonyl (C=O) groups excluding carboxylic acids is 4. The number of hydrogen-bond acceptors (Lipinski definition) is 6. The van der Waals surface area contributed by atoms with Crippen LogP contribution >= 0.6 is 7.37 Å². The highest BCUT2D eigenvalue weighted by Crippen LogP contribution is 2.44. The van der Waals surface area contributed by atoms with Gasteiger partial charge in [0.2, 0.25) is 19.2 Å². The number of methoxy groups -OCH3 is 1. The molecule has 0 saturated heterocycles. The van der Waals surface area contributed by atoms with Gasteiger partial charge in [-0.2, -0.15) is 0 Å². The van der Waals surface area contributed by atoms with E-state index in [2.05, 4.69) is 10.6 Å². The van der Waals surface area contributed by atoms with Gasteiger partial charge < -0.3 is 20.3 Å². The average Bonchev–Trinajstić information content (AvgIpc) is 3.29. The van der Waals surface area contributed by atoms with E-state index in [1.54, 1.807) is 55.6 Å². The summed E-state index contributed by atoms with van der Waals surface area (Å²) in [7, 11) is -2.24. The van der Waals surface area contributed by atoms with Crippen LogP contribution in [0.5, 0.6) is 5.75 Å². The third-order valence-electron chi connectivity index (χ3n) is 8.19. The zero-order valence-electron chi connectivity index (χ0n) is 27.2. The first-order valence-electron chi connectivity index (χ1n) is 16.0. The van der Waals surface area contributed by atoms with Crippen LogP contribution in [0.4, 0.5) is 5.69 Å². The van der Waals surface area contributed by atoms with Crippen molar-refractivity contribution in [3.05, 3.63) is 95.6 Å². The Morgan fingerprint density at radius 3 is 2.19 bits per heavy atom. The van der Waals surface area contributed by atoms with Crippen molar-refractivity contribution in [1.29, 1.82) is 0 Å². The van der Waals surface area contributed by atoms with Crippen molar-refractivity contribution in [2.75, 3.05) is 31.3 Å². The molecular formula is C36H44N3O7P. The molecule has 3 atom stereocenters. The molecule has 0 saturated carbocycles. The summed E-state index contributed by atoms with van der Waals surface area (Å²) in [6, 6.07) is 22.2. The molecule has 1 heterocycles. The summed E-state index contributed by atoms with van der Waals surface area (Å²) in [5, 5.41) is 5.74. The number of imide groups is 1. The van der Waals surface area contributed by atoms with Crippen molar-refractivity contribution >= 4 is 36.7 Å². The Morgan fingerprint density at radius 1 is 0.894 bits per heavy atom. The molecule has 0 aliphatic carbocycles. The molecule has 3 N–H and O–H groups in total. The number of nitrogens with zero attached hydrogens (tertiary/aromatic N) is 1. The van der Waals surface area contributed by atoms with E-state index in [1.165, 1.54) is 4.90 Å². The molecule has 10 nitrogen and oxygen atoms in total. The number of unbranched alkanes of at least 4 members (excludes halogenated alkanes) is 1. The predicted octanol–water partition coefficient (Wildman–Crippen LogP) is 5.76. The van der Waals surface area contributed by atoms with Crippen LogP contribution in [0.1, 0.15) is 65.8 Å². The van der Waals surface area contributed by atoms with E-state index in [4.69, 9.17) is 4.74 Å². The van der Waals surface area contributed by atoms with Gasteiger partial charge in [0.25, 0.3) is 11.8 Å². The molecule has 1 aliphatic heterocycles. The minimum Gasteiger partial charge on any atom is -0.497 e. The topological polar surface area (TPSA) is 142 Å². The van der Waals surface area contributed by atoms with Crippen LogP contribution in [-0.4, -0.2) is 65.4 Å². The van der Waals surface area contributed by atoms with Crippen LogP contribution in [0, 0.1) is 11.8 Å². The van der Waals surface area contributed by atoms with Crippen LogP contribution in [0.2, 0.25) is 0 Å². The van der Waals surface area contributed by atoms with Gasteiger partial charge in [-0.15, -0.1) is 0 Å². The number of para-hydroxylation sites is 1. The van der Waals surface area contributed by atoms with Crippen molar-refractivity contribution in [3.8, 4) is 5.75 Å². The highest BCUT2D eigenvalue weighted by Gasteiger charge is 2.35. The van der Waals surface area contributed by atoms with E-state index in [9.17, 15) is 28.6 Å². The minimum absolute atomic E-state index is 0.0664. The molecule has 1 unspecified atom stereocenters. The third kappa shape index (κ3) is 10.1. The predicted molar refractivity (Wildman–Crippen MR) is 182 cm³/mol. The summed E-state index contributed by atoms with van der Waals surface area (Å²) in [4.78, 5) is 64.6. The molecule has 0 bridgehead atoms. The Bertz CT molecular complexity index is 1580. The normalized spacial score (nSPS) is 15.1. The molecule has 0 spiro atoms. The number of benzene rings is 3. The van der Waals surface area contributed by atoms with E-state index in [-0.39, 0.29) is 48.9 Å². The maximum atomic E-state index is 13.8. The second kappa shape index (κ2) is 16.5. The Labute approximate surface area is 276 Å². The fourth-order valence-electron chi connectivity index (χ4n) is 5.72. The summed E-state index contributed by atoms with van der Waals surface area (Å²) in [5.41, 5.74) is 2.25. The molecule has 0 aromatic heterocycles. The van der Waals surface area contributed by atoms with Gasteiger partial charge in [-0.1, -0.05) is 56.3 Å². The molecule has 47 heavy (non-hydrogen) atoms. The number of aryl methyl sites for hydroxylation is 1. The Balaban J connectivity index is 1.41. The molecule has 3 aromatic carbocycles. The largest absolute Gasteiger partial charge is 0.497 e. The van der Waals surface area contributed by atoms with Gasteiger partial charge in [0.15, 0.2) is 0 Å². The molecule has 11 heteroatoms. The summed E-state index contributed by atoms with van der Waals surface area (Å²) >= 11 is 0. The van der Waals surface area contributed by atoms with Crippen molar-refractivity contribution in [2.24, 2.45) is 11.8 Å². The van der Waals surface area contributed by atoms with Gasteiger partial charge in [-0.25, -0.2) is 0 Å². The summed E-state index contributed by atoms with van der Waals surface area (Å²) in [5.74, 6) is -1.61. The Hall–Kier alpha value is -4.27. The maximum absolute atomic E-state index is 13.8. The fourth-order valence-corrected chi connectivity index (χ4v) is 7.66. The summed E-state index contributed by atoms with van der Waals surface area (Å²) in [6.45, 7) is 4.05. The zero-order valence-corrected chi connectivity index (χ0v) is 28.1. The van der Waals surface area contributed by atoms with Crippen LogP contribution in [0.15, 0.2) is 78.9 Å². The van der Waals surface area contributed by atoms with Gasteiger partial charge in [-0.3, -0.25) is 28.6 Å². The quantitative estimate of drug-likeness (QED) is 0.0949. The second-order valence-corrected chi connectivity index (χ2v) is 14.9. The molecule has 3 aromatic rings. The highest BCUT2D eigenvalue weighted by atomic mass is 31.2. The van der Waals surface area contributed by atoms with Gasteiger partial charge in [-0.05, 0) is 80.0 Å². The first kappa shape index (κ1) is 35.6. The van der Waals surface area contributed by atoms with E-state index < -0.39 is 25.2 Å². The van der Waals surface area contributed by atoms with E-state index in [0.29, 0.717) is 48.2 Å². The molecular weight excluding hydrogens is 617 g/mol. The average molecular weight is 662 g/mol. The summed E-state index contributed by atoms with van der Waals surface area (Å²) in [6.07, 6.45) is 1.45. The van der Waals surface area contributed by atoms with Crippen molar-refractivity contribution in [3.63, 3.8) is 0 Å². The summed E-state index contributed by atoms with van der Waals surface area (Å²) < 4.78 is 18.8. The SMILES string of the molecule is COc1cccc(CC[C@H](CP(=O)(O)CCCCN2C(=O)c3ccccc3C2=O)C(=O)N[C@@H](CC(C)C)C(=O)Nc2ccccc2)c1. The van der Waals surface area contributed by atoms with Crippen molar-refractivity contribution < 1.29 is 33.4 Å². The maximum Gasteiger partial charge on any atom is 0.261 e. The van der Waals surface area contributed by atoms with Crippen LogP contribution in [-0.2, 0) is 20.6 Å². The van der Waals surface area contributed by atoms with Crippen LogP contribution in [0.25, 0.3) is 0 Å². The number of amides is 4. The molecule has 1 aliphatic rings. The lowest BCUT2D eigenvalue weighted by Crippen LogP contribution is -2.47. The smallest absolute Gasteiger partial charge is 0.261 e. The number of fused-ring (bicyclic) bond motifs is 1. The van der Waals surface area contributed by atoms with Crippen molar-refractivity contribution in [1.82, 2.24) is 10.2 Å². The number of ether oxygens (including phenoxy) is 1. The molecule has 0 radical (unpaired) electrons. The van der Waals surface area contributed by atoms with Gasteiger partial charge >= 0.3 is 0 Å². The van der Waals surface area contributed by atoms with E-state index in [0.717, 1.165) is 5.56 Å². The number of anilines is 1. The molecule has 4 amide bonds. The first-order valence-corrected chi connectivity index (χ1v) is 18.1. The molecule has 0 fully saturated rings. The lowest BCUT2D eigenvalue weighted by molar-refractivity contribution is -0.129. The Morgan fingerprint density at radius 2 is 1.55 bits per heavy atom. The van der Waals surface area contributed by atoms with Gasteiger partial charge in [0.1, 0.15) is 11.8 Å². The molecule has 250 valence electrons. The first-order chi connectivity index (χ1) is 22.5. The van der Waals surface area contributed by atoms with Gasteiger partial charge in [0, 0.05) is 30.5 Å². The monoisotopic (exact) mass is 661 g/mol. The number of rotatable bonds is 17. The minimum atomic E-state index is -3.81. The second-order valence-electron chi connectivity index (χ2n) is 12.4. The number of nitrogens with one attached hydrogen (secondary N) is 2. The third-order valence-corrected chi connectivity index (χ3v) is 10.2. The Kier molecular flexibility index (Phi) is 12.5. The lowest BCUT2D eigenvalue weighted by atomic mass is 9.98. The standard InChI is InChI=1S/C36H44N3O7P/c1-25(2)22-32(34(41)37-28-13-5-4-6-14-28)38-33(40)27(19-18-26-12-11-15-29(23-26)46-3)24-47(44,45)21-10-9-20-39-35(42)30-16-7-8-17-31(30)36(39)43/h4-8,11-17,23,25,27,32H,9-10,18-22,24H2,1-3H3,(H,37,41)(H,38,40)(H,44,45)/t27-,32+/m1/s1. The van der Waals surface area contributed by atoms with Crippen LogP contribution in [0.3, 0.4) is 0 Å². The fraction of sp³-hybridized carbons (Fsp3) is 0.389. The van der Waals surface area contributed by atoms with Crippen molar-refractivity contribution in [2.45, 2.75) is 52.0 Å². The number of carbonyl (C=O) groups is 4. The van der Waals surface area contributed by atoms with Gasteiger partial charge in [0.05, 0.1) is 18.2 Å². The lowest BCUT2D eigenvalue weighted by Gasteiger charge is -2.25.